The lowest BCUT2D eigenvalue weighted by atomic mass is 10.1. The Bertz CT molecular complexity index is 297. The average molecular weight is 199 g/mol. The van der Waals surface area contributed by atoms with E-state index in [9.17, 15) is 0 Å². The van der Waals surface area contributed by atoms with Crippen molar-refractivity contribution in [1.29, 1.82) is 0 Å². The molecule has 1 aromatic rings. The predicted molar refractivity (Wildman–Crippen MR) is 55.1 cm³/mol. The Hall–Kier alpha value is -0.630. The van der Waals surface area contributed by atoms with E-state index in [0.29, 0.717) is 5.15 Å². The molecule has 0 unspecified atom stereocenters. The van der Waals surface area contributed by atoms with Crippen molar-refractivity contribution in [3.05, 3.63) is 22.0 Å². The molecule has 3 heteroatoms. The molecule has 0 N–H and O–H groups in total. The van der Waals surface area contributed by atoms with Crippen LogP contribution in [0.25, 0.3) is 0 Å². The van der Waals surface area contributed by atoms with Crippen LogP contribution in [-0.2, 0) is 6.42 Å². The van der Waals surface area contributed by atoms with Gasteiger partial charge in [0.2, 0.25) is 0 Å². The van der Waals surface area contributed by atoms with Crippen LogP contribution in [0.1, 0.15) is 36.6 Å². The third kappa shape index (κ3) is 2.41. The van der Waals surface area contributed by atoms with E-state index >= 15 is 0 Å². The van der Waals surface area contributed by atoms with Gasteiger partial charge in [0, 0.05) is 0 Å². The zero-order valence-corrected chi connectivity index (χ0v) is 9.15. The maximum Gasteiger partial charge on any atom is 0.154 e. The second-order valence-corrected chi connectivity index (χ2v) is 3.65. The maximum absolute atomic E-state index is 5.85. The summed E-state index contributed by atoms with van der Waals surface area (Å²) < 4.78 is 0. The standard InChI is InChI=1S/C10H15ClN2/c1-4-5-6-9-7(2)8(3)10(11)13-12-9/h4-6H2,1-3H3. The molecule has 0 saturated heterocycles. The van der Waals surface area contributed by atoms with Gasteiger partial charge in [-0.25, -0.2) is 0 Å². The van der Waals surface area contributed by atoms with E-state index in [4.69, 9.17) is 11.6 Å². The highest BCUT2D eigenvalue weighted by Crippen LogP contribution is 2.18. The molecule has 2 nitrogen and oxygen atoms in total. The van der Waals surface area contributed by atoms with E-state index in [2.05, 4.69) is 24.0 Å². The van der Waals surface area contributed by atoms with Crippen molar-refractivity contribution in [1.82, 2.24) is 10.2 Å². The minimum atomic E-state index is 0.526. The van der Waals surface area contributed by atoms with Gasteiger partial charge < -0.3 is 0 Å². The van der Waals surface area contributed by atoms with Crippen molar-refractivity contribution in [3.63, 3.8) is 0 Å². The van der Waals surface area contributed by atoms with Crippen LogP contribution in [0, 0.1) is 13.8 Å². The highest BCUT2D eigenvalue weighted by molar-refractivity contribution is 6.30. The summed E-state index contributed by atoms with van der Waals surface area (Å²) in [5.41, 5.74) is 3.33. The Balaban J connectivity index is 2.90. The second kappa shape index (κ2) is 4.56. The van der Waals surface area contributed by atoms with Gasteiger partial charge in [-0.15, -0.1) is 5.10 Å². The van der Waals surface area contributed by atoms with Gasteiger partial charge in [0.15, 0.2) is 5.15 Å². The fraction of sp³-hybridized carbons (Fsp3) is 0.600. The van der Waals surface area contributed by atoms with E-state index < -0.39 is 0 Å². The summed E-state index contributed by atoms with van der Waals surface area (Å²) >= 11 is 5.85. The predicted octanol–water partition coefficient (Wildman–Crippen LogP) is 3.09. The molecule has 1 aromatic heterocycles. The minimum Gasteiger partial charge on any atom is -0.154 e. The van der Waals surface area contributed by atoms with Gasteiger partial charge in [-0.1, -0.05) is 24.9 Å². The zero-order chi connectivity index (χ0) is 9.84. The van der Waals surface area contributed by atoms with Gasteiger partial charge in [0.05, 0.1) is 5.69 Å². The van der Waals surface area contributed by atoms with Gasteiger partial charge in [-0.05, 0) is 37.8 Å². The second-order valence-electron chi connectivity index (χ2n) is 3.29. The fourth-order valence-corrected chi connectivity index (χ4v) is 1.39. The summed E-state index contributed by atoms with van der Waals surface area (Å²) in [4.78, 5) is 0. The Morgan fingerprint density at radius 2 is 1.85 bits per heavy atom. The quantitative estimate of drug-likeness (QED) is 0.746. The van der Waals surface area contributed by atoms with Crippen LogP contribution in [0.3, 0.4) is 0 Å². The van der Waals surface area contributed by atoms with Crippen LogP contribution in [0.15, 0.2) is 0 Å². The number of hydrogen-bond acceptors (Lipinski definition) is 2. The molecule has 0 bridgehead atoms. The third-order valence-electron chi connectivity index (χ3n) is 2.33. The van der Waals surface area contributed by atoms with Gasteiger partial charge in [0.25, 0.3) is 0 Å². The van der Waals surface area contributed by atoms with Gasteiger partial charge >= 0.3 is 0 Å². The van der Waals surface area contributed by atoms with Crippen LogP contribution in [0.2, 0.25) is 5.15 Å². The normalized spacial score (nSPS) is 10.5. The van der Waals surface area contributed by atoms with Crippen molar-refractivity contribution in [2.24, 2.45) is 0 Å². The van der Waals surface area contributed by atoms with Gasteiger partial charge in [-0.3, -0.25) is 0 Å². The van der Waals surface area contributed by atoms with E-state index in [1.54, 1.807) is 0 Å². The molecule has 0 saturated carbocycles. The monoisotopic (exact) mass is 198 g/mol. The Morgan fingerprint density at radius 3 is 2.46 bits per heavy atom. The van der Waals surface area contributed by atoms with Crippen molar-refractivity contribution in [3.8, 4) is 0 Å². The molecule has 0 aliphatic rings. The van der Waals surface area contributed by atoms with Crippen molar-refractivity contribution < 1.29 is 0 Å². The number of hydrogen-bond donors (Lipinski definition) is 0. The van der Waals surface area contributed by atoms with E-state index in [1.165, 1.54) is 12.0 Å². The zero-order valence-electron chi connectivity index (χ0n) is 8.39. The number of rotatable bonds is 3. The largest absolute Gasteiger partial charge is 0.154 e. The van der Waals surface area contributed by atoms with Crippen molar-refractivity contribution >= 4 is 11.6 Å². The minimum absolute atomic E-state index is 0.526. The third-order valence-corrected chi connectivity index (χ3v) is 2.69. The molecule has 0 fully saturated rings. The molecule has 0 atom stereocenters. The average Bonchev–Trinajstić information content (AvgIpc) is 2.13. The first-order valence-electron chi connectivity index (χ1n) is 4.65. The molecule has 72 valence electrons. The summed E-state index contributed by atoms with van der Waals surface area (Å²) in [6.07, 6.45) is 3.35. The van der Waals surface area contributed by atoms with Crippen LogP contribution in [-0.4, -0.2) is 10.2 Å². The lowest BCUT2D eigenvalue weighted by Gasteiger charge is -2.06. The van der Waals surface area contributed by atoms with E-state index in [1.807, 2.05) is 6.92 Å². The smallest absolute Gasteiger partial charge is 0.154 e. The molecular weight excluding hydrogens is 184 g/mol. The van der Waals surface area contributed by atoms with Crippen molar-refractivity contribution in [2.45, 2.75) is 40.0 Å². The Morgan fingerprint density at radius 1 is 1.15 bits per heavy atom. The number of halogens is 1. The van der Waals surface area contributed by atoms with Gasteiger partial charge in [-0.2, -0.15) is 5.10 Å². The van der Waals surface area contributed by atoms with Crippen LogP contribution in [0.4, 0.5) is 0 Å². The number of aryl methyl sites for hydroxylation is 1. The summed E-state index contributed by atoms with van der Waals surface area (Å²) in [7, 11) is 0. The number of unbranched alkanes of at least 4 members (excludes halogenated alkanes) is 1. The van der Waals surface area contributed by atoms with E-state index in [-0.39, 0.29) is 0 Å². The van der Waals surface area contributed by atoms with Crippen molar-refractivity contribution in [2.75, 3.05) is 0 Å². The highest BCUT2D eigenvalue weighted by Gasteiger charge is 2.06. The molecule has 0 aliphatic heterocycles. The molecule has 0 aromatic carbocycles. The molecule has 1 rings (SSSR count). The summed E-state index contributed by atoms with van der Waals surface area (Å²) in [6.45, 7) is 6.22. The first-order valence-corrected chi connectivity index (χ1v) is 5.02. The SMILES string of the molecule is CCCCc1nnc(Cl)c(C)c1C. The van der Waals surface area contributed by atoms with Crippen LogP contribution in [0.5, 0.6) is 0 Å². The Labute approximate surface area is 84.3 Å². The molecular formula is C10H15ClN2. The molecule has 1 heterocycles. The van der Waals surface area contributed by atoms with Crippen LogP contribution >= 0.6 is 11.6 Å². The molecule has 0 aliphatic carbocycles. The summed E-state index contributed by atoms with van der Waals surface area (Å²) in [6, 6.07) is 0. The van der Waals surface area contributed by atoms with E-state index in [0.717, 1.165) is 24.1 Å². The molecule has 0 spiro atoms. The lowest BCUT2D eigenvalue weighted by molar-refractivity contribution is 0.750. The van der Waals surface area contributed by atoms with Crippen LogP contribution < -0.4 is 0 Å². The lowest BCUT2D eigenvalue weighted by Crippen LogP contribution is -2.00. The number of nitrogens with zero attached hydrogens (tertiary/aromatic N) is 2. The molecule has 13 heavy (non-hydrogen) atoms. The highest BCUT2D eigenvalue weighted by atomic mass is 35.5. The topological polar surface area (TPSA) is 25.8 Å². The number of aromatic nitrogens is 2. The summed E-state index contributed by atoms with van der Waals surface area (Å²) in [5, 5.41) is 8.53. The Kier molecular flexibility index (Phi) is 3.67. The summed E-state index contributed by atoms with van der Waals surface area (Å²) in [5.74, 6) is 0. The van der Waals surface area contributed by atoms with Gasteiger partial charge in [0.1, 0.15) is 0 Å². The molecule has 0 radical (unpaired) electrons. The fourth-order valence-electron chi connectivity index (χ4n) is 1.21. The maximum atomic E-state index is 5.85. The molecule has 0 amide bonds. The first-order chi connectivity index (χ1) is 6.16. The first kappa shape index (κ1) is 10.5.